The van der Waals surface area contributed by atoms with E-state index in [0.29, 0.717) is 5.92 Å². The van der Waals surface area contributed by atoms with Crippen LogP contribution in [0, 0.1) is 5.92 Å². The summed E-state index contributed by atoms with van der Waals surface area (Å²) in [4.78, 5) is 0. The zero-order valence-electron chi connectivity index (χ0n) is 10.0. The van der Waals surface area contributed by atoms with Crippen molar-refractivity contribution in [3.63, 3.8) is 0 Å². The van der Waals surface area contributed by atoms with Crippen LogP contribution in [0.1, 0.15) is 24.5 Å². The molecule has 0 aromatic heterocycles. The van der Waals surface area contributed by atoms with E-state index < -0.39 is 0 Å². The minimum absolute atomic E-state index is 0.716. The first-order valence-electron chi connectivity index (χ1n) is 6.25. The second-order valence-corrected chi connectivity index (χ2v) is 4.48. The fraction of sp³-hybridized carbons (Fsp3) is 0.571. The molecule has 0 amide bonds. The van der Waals surface area contributed by atoms with E-state index in [1.54, 1.807) is 0 Å². The lowest BCUT2D eigenvalue weighted by Crippen LogP contribution is -2.23. The molecule has 1 aromatic carbocycles. The zero-order valence-corrected chi connectivity index (χ0v) is 10.0. The van der Waals surface area contributed by atoms with Gasteiger partial charge in [0.15, 0.2) is 0 Å². The van der Waals surface area contributed by atoms with Crippen LogP contribution >= 0.6 is 0 Å². The van der Waals surface area contributed by atoms with Crippen LogP contribution in [0.25, 0.3) is 0 Å². The molecule has 1 atom stereocenters. The SMILES string of the molecule is CCc1ccccc1CNCC1CCOC1. The second-order valence-electron chi connectivity index (χ2n) is 4.48. The van der Waals surface area contributed by atoms with Gasteiger partial charge in [0.25, 0.3) is 0 Å². The number of hydrogen-bond acceptors (Lipinski definition) is 2. The smallest absolute Gasteiger partial charge is 0.0507 e. The predicted molar refractivity (Wildman–Crippen MR) is 66.5 cm³/mol. The Morgan fingerprint density at radius 1 is 1.31 bits per heavy atom. The third-order valence-corrected chi connectivity index (χ3v) is 3.27. The largest absolute Gasteiger partial charge is 0.381 e. The van der Waals surface area contributed by atoms with Crippen LogP contribution in [0.5, 0.6) is 0 Å². The summed E-state index contributed by atoms with van der Waals surface area (Å²) in [7, 11) is 0. The van der Waals surface area contributed by atoms with Gasteiger partial charge in [-0.3, -0.25) is 0 Å². The van der Waals surface area contributed by atoms with Crippen molar-refractivity contribution in [1.82, 2.24) is 5.32 Å². The summed E-state index contributed by atoms with van der Waals surface area (Å²) in [5, 5.41) is 3.54. The van der Waals surface area contributed by atoms with Crippen LogP contribution in [0.2, 0.25) is 0 Å². The molecule has 1 fully saturated rings. The molecular weight excluding hydrogens is 198 g/mol. The minimum Gasteiger partial charge on any atom is -0.381 e. The van der Waals surface area contributed by atoms with Gasteiger partial charge in [-0.1, -0.05) is 31.2 Å². The molecule has 16 heavy (non-hydrogen) atoms. The minimum atomic E-state index is 0.716. The predicted octanol–water partition coefficient (Wildman–Crippen LogP) is 2.38. The van der Waals surface area contributed by atoms with Crippen molar-refractivity contribution in [2.24, 2.45) is 5.92 Å². The Morgan fingerprint density at radius 3 is 2.81 bits per heavy atom. The Hall–Kier alpha value is -0.860. The van der Waals surface area contributed by atoms with Crippen LogP contribution in [-0.4, -0.2) is 19.8 Å². The average Bonchev–Trinajstić information content (AvgIpc) is 2.83. The van der Waals surface area contributed by atoms with Gasteiger partial charge in [0.05, 0.1) is 6.61 Å². The van der Waals surface area contributed by atoms with Gasteiger partial charge in [-0.2, -0.15) is 0 Å². The van der Waals surface area contributed by atoms with Gasteiger partial charge in [-0.05, 0) is 29.9 Å². The van der Waals surface area contributed by atoms with Gasteiger partial charge < -0.3 is 10.1 Å². The molecular formula is C14H21NO. The third-order valence-electron chi connectivity index (χ3n) is 3.27. The standard InChI is InChI=1S/C14H21NO/c1-2-13-5-3-4-6-14(13)10-15-9-12-7-8-16-11-12/h3-6,12,15H,2,7-11H2,1H3. The molecule has 0 spiro atoms. The second kappa shape index (κ2) is 6.02. The summed E-state index contributed by atoms with van der Waals surface area (Å²) >= 11 is 0. The number of benzene rings is 1. The molecule has 2 nitrogen and oxygen atoms in total. The summed E-state index contributed by atoms with van der Waals surface area (Å²) in [6.45, 7) is 6.16. The number of rotatable bonds is 5. The van der Waals surface area contributed by atoms with Gasteiger partial charge in [-0.25, -0.2) is 0 Å². The lowest BCUT2D eigenvalue weighted by Gasteiger charge is -2.11. The van der Waals surface area contributed by atoms with E-state index in [4.69, 9.17) is 4.74 Å². The molecule has 0 saturated carbocycles. The van der Waals surface area contributed by atoms with Gasteiger partial charge >= 0.3 is 0 Å². The van der Waals surface area contributed by atoms with Gasteiger partial charge in [0, 0.05) is 19.7 Å². The molecule has 2 heteroatoms. The average molecular weight is 219 g/mol. The van der Waals surface area contributed by atoms with Crippen molar-refractivity contribution < 1.29 is 4.74 Å². The Kier molecular flexibility index (Phi) is 4.37. The molecule has 1 saturated heterocycles. The highest BCUT2D eigenvalue weighted by molar-refractivity contribution is 5.26. The molecule has 1 aliphatic heterocycles. The van der Waals surface area contributed by atoms with E-state index in [9.17, 15) is 0 Å². The molecule has 2 rings (SSSR count). The topological polar surface area (TPSA) is 21.3 Å². The third kappa shape index (κ3) is 3.06. The van der Waals surface area contributed by atoms with Crippen LogP contribution < -0.4 is 5.32 Å². The van der Waals surface area contributed by atoms with Crippen molar-refractivity contribution in [2.45, 2.75) is 26.3 Å². The van der Waals surface area contributed by atoms with Crippen LogP contribution in [0.3, 0.4) is 0 Å². The van der Waals surface area contributed by atoms with Gasteiger partial charge in [0.2, 0.25) is 0 Å². The quantitative estimate of drug-likeness (QED) is 0.821. The van der Waals surface area contributed by atoms with Crippen molar-refractivity contribution in [1.29, 1.82) is 0 Å². The first-order chi connectivity index (χ1) is 7.90. The fourth-order valence-electron chi connectivity index (χ4n) is 2.23. The van der Waals surface area contributed by atoms with Gasteiger partial charge in [-0.15, -0.1) is 0 Å². The van der Waals surface area contributed by atoms with E-state index in [1.807, 2.05) is 0 Å². The summed E-state index contributed by atoms with van der Waals surface area (Å²) in [5.41, 5.74) is 2.89. The fourth-order valence-corrected chi connectivity index (χ4v) is 2.23. The Balaban J connectivity index is 1.79. The highest BCUT2D eigenvalue weighted by atomic mass is 16.5. The Bertz CT molecular complexity index is 318. The van der Waals surface area contributed by atoms with Gasteiger partial charge in [0.1, 0.15) is 0 Å². The first kappa shape index (κ1) is 11.6. The maximum absolute atomic E-state index is 5.36. The van der Waals surface area contributed by atoms with Crippen LogP contribution in [0.4, 0.5) is 0 Å². The first-order valence-corrected chi connectivity index (χ1v) is 6.25. The number of ether oxygens (including phenoxy) is 1. The number of hydrogen-bond donors (Lipinski definition) is 1. The molecule has 0 aliphatic carbocycles. The molecule has 1 heterocycles. The lowest BCUT2D eigenvalue weighted by molar-refractivity contribution is 0.185. The summed E-state index contributed by atoms with van der Waals surface area (Å²) in [5.74, 6) is 0.716. The summed E-state index contributed by atoms with van der Waals surface area (Å²) in [6.07, 6.45) is 2.33. The monoisotopic (exact) mass is 219 g/mol. The number of nitrogens with one attached hydrogen (secondary N) is 1. The van der Waals surface area contributed by atoms with E-state index in [2.05, 4.69) is 36.5 Å². The van der Waals surface area contributed by atoms with Crippen molar-refractivity contribution in [2.75, 3.05) is 19.8 Å². The number of aryl methyl sites for hydroxylation is 1. The lowest BCUT2D eigenvalue weighted by atomic mass is 10.0. The van der Waals surface area contributed by atoms with E-state index >= 15 is 0 Å². The normalized spacial score (nSPS) is 20.2. The maximum atomic E-state index is 5.36. The molecule has 88 valence electrons. The van der Waals surface area contributed by atoms with Crippen molar-refractivity contribution >= 4 is 0 Å². The van der Waals surface area contributed by atoms with E-state index in [-0.39, 0.29) is 0 Å². The van der Waals surface area contributed by atoms with Crippen molar-refractivity contribution in [3.05, 3.63) is 35.4 Å². The highest BCUT2D eigenvalue weighted by Gasteiger charge is 2.14. The zero-order chi connectivity index (χ0) is 11.2. The molecule has 0 bridgehead atoms. The molecule has 1 N–H and O–H groups in total. The van der Waals surface area contributed by atoms with Crippen molar-refractivity contribution in [3.8, 4) is 0 Å². The molecule has 0 radical (unpaired) electrons. The Morgan fingerprint density at radius 2 is 2.12 bits per heavy atom. The molecule has 1 aliphatic rings. The van der Waals surface area contributed by atoms with E-state index in [0.717, 1.165) is 32.7 Å². The summed E-state index contributed by atoms with van der Waals surface area (Å²) < 4.78 is 5.36. The van der Waals surface area contributed by atoms with Crippen LogP contribution in [0.15, 0.2) is 24.3 Å². The molecule has 1 unspecified atom stereocenters. The van der Waals surface area contributed by atoms with Crippen LogP contribution in [-0.2, 0) is 17.7 Å². The van der Waals surface area contributed by atoms with E-state index in [1.165, 1.54) is 17.5 Å². The highest BCUT2D eigenvalue weighted by Crippen LogP contribution is 2.12. The summed E-state index contributed by atoms with van der Waals surface area (Å²) in [6, 6.07) is 8.68. The molecule has 1 aromatic rings. The Labute approximate surface area is 98.0 Å². The maximum Gasteiger partial charge on any atom is 0.0507 e.